The van der Waals surface area contributed by atoms with Gasteiger partial charge in [0, 0.05) is 16.7 Å². The van der Waals surface area contributed by atoms with Gasteiger partial charge in [0.25, 0.3) is 0 Å². The fraction of sp³-hybridized carbons (Fsp3) is 0.0175. The summed E-state index contributed by atoms with van der Waals surface area (Å²) in [5, 5.41) is 2.32. The highest BCUT2D eigenvalue weighted by atomic mass is 14.9. The van der Waals surface area contributed by atoms with Crippen LogP contribution in [0.2, 0.25) is 0 Å². The molecular weight excluding hydrogens is 713 g/mol. The van der Waals surface area contributed by atoms with Crippen molar-refractivity contribution in [3.05, 3.63) is 253 Å². The molecule has 0 saturated heterocycles. The molecule has 1 aliphatic rings. The lowest BCUT2D eigenvalue weighted by Gasteiger charge is -2.35. The minimum atomic E-state index is -0.521. The molecule has 59 heavy (non-hydrogen) atoms. The van der Waals surface area contributed by atoms with Gasteiger partial charge < -0.3 is 0 Å². The average Bonchev–Trinajstić information content (AvgIpc) is 3.64. The Bertz CT molecular complexity index is 3080. The smallest absolute Gasteiger partial charge is 0.160 e. The topological polar surface area (TPSA) is 25.8 Å². The lowest BCUT2D eigenvalue weighted by Crippen LogP contribution is -2.29. The zero-order valence-electron chi connectivity index (χ0n) is 32.3. The molecule has 0 radical (unpaired) electrons. The standard InChI is InChI=1S/C57H38N2/c1-5-18-39(19-6-1)40-32-34-42(35-33-40)56-58-53(41-20-7-2-8-21-41)38-54(59-56)49-37-36-47(45-26-13-14-27-46(45)49)50-29-17-30-51-48-28-15-16-31-52(48)57(55(50)51,43-22-9-3-10-23-43)44-24-11-4-12-25-44/h1-38H. The van der Waals surface area contributed by atoms with Crippen LogP contribution in [0, 0.1) is 0 Å². The molecule has 0 aliphatic heterocycles. The molecule has 1 aromatic heterocycles. The summed E-state index contributed by atoms with van der Waals surface area (Å²) in [6.07, 6.45) is 0. The summed E-state index contributed by atoms with van der Waals surface area (Å²) in [6, 6.07) is 82.9. The Morgan fingerprint density at radius 1 is 0.288 bits per heavy atom. The molecule has 0 fully saturated rings. The van der Waals surface area contributed by atoms with Crippen LogP contribution in [0.1, 0.15) is 22.3 Å². The number of fused-ring (bicyclic) bond motifs is 4. The van der Waals surface area contributed by atoms with Crippen LogP contribution in [0.25, 0.3) is 78.1 Å². The number of hydrogen-bond donors (Lipinski definition) is 0. The van der Waals surface area contributed by atoms with Crippen molar-refractivity contribution in [1.82, 2.24) is 9.97 Å². The van der Waals surface area contributed by atoms with E-state index in [0.29, 0.717) is 5.82 Å². The van der Waals surface area contributed by atoms with Crippen LogP contribution >= 0.6 is 0 Å². The van der Waals surface area contributed by atoms with Crippen molar-refractivity contribution in [2.24, 2.45) is 0 Å². The van der Waals surface area contributed by atoms with Gasteiger partial charge in [0.1, 0.15) is 0 Å². The second-order valence-electron chi connectivity index (χ2n) is 15.2. The second-order valence-corrected chi connectivity index (χ2v) is 15.2. The van der Waals surface area contributed by atoms with E-state index in [2.05, 4.69) is 218 Å². The maximum absolute atomic E-state index is 5.33. The van der Waals surface area contributed by atoms with Crippen LogP contribution in [0.5, 0.6) is 0 Å². The summed E-state index contributed by atoms with van der Waals surface area (Å²) < 4.78 is 0. The van der Waals surface area contributed by atoms with E-state index >= 15 is 0 Å². The quantitative estimate of drug-likeness (QED) is 0.162. The van der Waals surface area contributed by atoms with Crippen molar-refractivity contribution in [2.45, 2.75) is 5.41 Å². The normalized spacial score (nSPS) is 12.5. The van der Waals surface area contributed by atoms with Gasteiger partial charge in [-0.2, -0.15) is 0 Å². The zero-order valence-corrected chi connectivity index (χ0v) is 32.3. The molecule has 0 atom stereocenters. The van der Waals surface area contributed by atoms with Crippen molar-refractivity contribution in [2.75, 3.05) is 0 Å². The third-order valence-corrected chi connectivity index (χ3v) is 12.0. The van der Waals surface area contributed by atoms with Crippen LogP contribution in [0.4, 0.5) is 0 Å². The van der Waals surface area contributed by atoms with E-state index in [1.165, 1.54) is 55.5 Å². The molecule has 0 bridgehead atoms. The number of hydrogen-bond acceptors (Lipinski definition) is 2. The van der Waals surface area contributed by atoms with Gasteiger partial charge in [-0.05, 0) is 72.5 Å². The minimum Gasteiger partial charge on any atom is -0.228 e. The van der Waals surface area contributed by atoms with Crippen molar-refractivity contribution in [3.8, 4) is 67.3 Å². The first-order valence-corrected chi connectivity index (χ1v) is 20.2. The van der Waals surface area contributed by atoms with Gasteiger partial charge in [-0.3, -0.25) is 0 Å². The van der Waals surface area contributed by atoms with Gasteiger partial charge in [0.05, 0.1) is 16.8 Å². The Kier molecular flexibility index (Phi) is 8.41. The molecule has 11 rings (SSSR count). The molecule has 1 heterocycles. The zero-order chi connectivity index (χ0) is 39.2. The first-order valence-electron chi connectivity index (χ1n) is 20.2. The van der Waals surface area contributed by atoms with E-state index in [1.807, 2.05) is 12.1 Å². The summed E-state index contributed by atoms with van der Waals surface area (Å²) in [5.74, 6) is 0.697. The average molecular weight is 751 g/mol. The first-order chi connectivity index (χ1) is 29.3. The molecule has 1 aliphatic carbocycles. The fourth-order valence-electron chi connectivity index (χ4n) is 9.40. The van der Waals surface area contributed by atoms with E-state index in [-0.39, 0.29) is 0 Å². The Hall–Kier alpha value is -7.68. The van der Waals surface area contributed by atoms with Crippen LogP contribution in [-0.2, 0) is 5.41 Å². The monoisotopic (exact) mass is 750 g/mol. The lowest BCUT2D eigenvalue weighted by atomic mass is 9.66. The maximum Gasteiger partial charge on any atom is 0.160 e. The highest BCUT2D eigenvalue weighted by molar-refractivity contribution is 6.07. The van der Waals surface area contributed by atoms with Crippen molar-refractivity contribution >= 4 is 10.8 Å². The molecule has 0 amide bonds. The molecule has 0 unspecified atom stereocenters. The largest absolute Gasteiger partial charge is 0.228 e. The fourth-order valence-corrected chi connectivity index (χ4v) is 9.40. The SMILES string of the molecule is c1ccc(-c2ccc(-c3nc(-c4ccccc4)cc(-c4ccc(-c5cccc6c5C(c5ccccc5)(c5ccccc5)c5ccccc5-6)c5ccccc45)n3)cc2)cc1. The van der Waals surface area contributed by atoms with Crippen LogP contribution in [0.3, 0.4) is 0 Å². The van der Waals surface area contributed by atoms with E-state index in [9.17, 15) is 0 Å². The minimum absolute atomic E-state index is 0.521. The molecular formula is C57H38N2. The van der Waals surface area contributed by atoms with E-state index in [0.717, 1.165) is 39.0 Å². The van der Waals surface area contributed by atoms with Gasteiger partial charge in [-0.1, -0.05) is 224 Å². The Balaban J connectivity index is 1.13. The van der Waals surface area contributed by atoms with Gasteiger partial charge in [-0.15, -0.1) is 0 Å². The van der Waals surface area contributed by atoms with Gasteiger partial charge in [0.2, 0.25) is 0 Å². The van der Waals surface area contributed by atoms with Crippen LogP contribution in [0.15, 0.2) is 231 Å². The number of benzene rings is 9. The maximum atomic E-state index is 5.33. The number of rotatable bonds is 7. The number of nitrogens with zero attached hydrogens (tertiary/aromatic N) is 2. The molecule has 0 saturated carbocycles. The Morgan fingerprint density at radius 3 is 1.41 bits per heavy atom. The van der Waals surface area contributed by atoms with Crippen molar-refractivity contribution < 1.29 is 0 Å². The van der Waals surface area contributed by atoms with Crippen molar-refractivity contribution in [3.63, 3.8) is 0 Å². The molecule has 2 nitrogen and oxygen atoms in total. The summed E-state index contributed by atoms with van der Waals surface area (Å²) in [4.78, 5) is 10.5. The Morgan fingerprint density at radius 2 is 0.746 bits per heavy atom. The predicted molar refractivity (Wildman–Crippen MR) is 244 cm³/mol. The predicted octanol–water partition coefficient (Wildman–Crippen LogP) is 14.3. The molecule has 10 aromatic rings. The molecule has 0 spiro atoms. The van der Waals surface area contributed by atoms with Gasteiger partial charge in [-0.25, -0.2) is 9.97 Å². The molecule has 2 heteroatoms. The highest BCUT2D eigenvalue weighted by Crippen LogP contribution is 2.59. The highest BCUT2D eigenvalue weighted by Gasteiger charge is 2.47. The lowest BCUT2D eigenvalue weighted by molar-refractivity contribution is 0.770. The molecule has 9 aromatic carbocycles. The summed E-state index contributed by atoms with van der Waals surface area (Å²) in [6.45, 7) is 0. The van der Waals surface area contributed by atoms with Crippen LogP contribution < -0.4 is 0 Å². The summed E-state index contributed by atoms with van der Waals surface area (Å²) >= 11 is 0. The second kappa shape index (κ2) is 14.4. The molecule has 0 N–H and O–H groups in total. The third kappa shape index (κ3) is 5.72. The van der Waals surface area contributed by atoms with E-state index in [4.69, 9.17) is 9.97 Å². The number of aromatic nitrogens is 2. The summed E-state index contributed by atoms with van der Waals surface area (Å²) in [5.41, 5.74) is 16.8. The van der Waals surface area contributed by atoms with E-state index in [1.54, 1.807) is 0 Å². The van der Waals surface area contributed by atoms with Crippen molar-refractivity contribution in [1.29, 1.82) is 0 Å². The van der Waals surface area contributed by atoms with E-state index < -0.39 is 5.41 Å². The summed E-state index contributed by atoms with van der Waals surface area (Å²) in [7, 11) is 0. The third-order valence-electron chi connectivity index (χ3n) is 12.0. The Labute approximate surface area is 344 Å². The first kappa shape index (κ1) is 34.6. The van der Waals surface area contributed by atoms with Gasteiger partial charge in [0.15, 0.2) is 5.82 Å². The van der Waals surface area contributed by atoms with Crippen LogP contribution in [-0.4, -0.2) is 9.97 Å². The molecule has 276 valence electrons. The van der Waals surface area contributed by atoms with Gasteiger partial charge >= 0.3 is 0 Å².